The highest BCUT2D eigenvalue weighted by molar-refractivity contribution is 6.33. The van der Waals surface area contributed by atoms with Crippen LogP contribution in [-0.4, -0.2) is 81.7 Å². The number of hydrogen-bond acceptors (Lipinski definition) is 6. The lowest BCUT2D eigenvalue weighted by Crippen LogP contribution is -2.74. The van der Waals surface area contributed by atoms with Crippen molar-refractivity contribution in [3.8, 4) is 17.6 Å². The van der Waals surface area contributed by atoms with Crippen LogP contribution in [0.3, 0.4) is 0 Å². The van der Waals surface area contributed by atoms with Gasteiger partial charge in [-0.25, -0.2) is 14.6 Å². The van der Waals surface area contributed by atoms with Gasteiger partial charge in [0.2, 0.25) is 5.69 Å². The Bertz CT molecular complexity index is 1720. The van der Waals surface area contributed by atoms with Gasteiger partial charge in [0.05, 0.1) is 29.4 Å². The molecule has 260 valence electrons. The van der Waals surface area contributed by atoms with E-state index < -0.39 is 5.60 Å². The fraction of sp³-hybridized carbons (Fsp3) is 0.590. The molecule has 1 saturated heterocycles. The molecule has 6 rings (SSSR count). The van der Waals surface area contributed by atoms with Gasteiger partial charge in [-0.05, 0) is 83.7 Å². The van der Waals surface area contributed by atoms with Crippen molar-refractivity contribution in [2.45, 2.75) is 111 Å². The molecule has 10 heteroatoms. The van der Waals surface area contributed by atoms with Crippen LogP contribution in [0.4, 0.5) is 10.5 Å². The Morgan fingerprint density at radius 2 is 1.76 bits per heavy atom. The molecule has 0 N–H and O–H groups in total. The molecular formula is C39H48ClN5O4. The summed E-state index contributed by atoms with van der Waals surface area (Å²) >= 11 is 6.28. The number of piperidine rings is 1. The van der Waals surface area contributed by atoms with E-state index in [0.717, 1.165) is 44.5 Å². The zero-order valence-corrected chi connectivity index (χ0v) is 30.7. The van der Waals surface area contributed by atoms with Gasteiger partial charge < -0.3 is 24.2 Å². The van der Waals surface area contributed by atoms with Crippen molar-refractivity contribution < 1.29 is 19.1 Å². The zero-order chi connectivity index (χ0) is 35.5. The smallest absolute Gasteiger partial charge is 0.410 e. The molecule has 1 aromatic carbocycles. The molecule has 2 aromatic rings. The average Bonchev–Trinajstić information content (AvgIpc) is 3.31. The van der Waals surface area contributed by atoms with E-state index in [1.807, 2.05) is 42.7 Å². The highest BCUT2D eigenvalue weighted by Crippen LogP contribution is 2.59. The van der Waals surface area contributed by atoms with Gasteiger partial charge >= 0.3 is 6.09 Å². The minimum Gasteiger partial charge on any atom is -0.489 e. The summed E-state index contributed by atoms with van der Waals surface area (Å²) < 4.78 is 12.0. The first-order valence-electron chi connectivity index (χ1n) is 17.4. The van der Waals surface area contributed by atoms with Crippen molar-refractivity contribution in [1.82, 2.24) is 19.7 Å². The van der Waals surface area contributed by atoms with Gasteiger partial charge in [0, 0.05) is 48.0 Å². The van der Waals surface area contributed by atoms with E-state index in [0.29, 0.717) is 52.3 Å². The zero-order valence-electron chi connectivity index (χ0n) is 30.0. The van der Waals surface area contributed by atoms with Crippen molar-refractivity contribution in [2.24, 2.45) is 16.7 Å². The molecule has 0 spiro atoms. The van der Waals surface area contributed by atoms with Crippen molar-refractivity contribution >= 4 is 29.3 Å². The molecule has 0 radical (unpaired) electrons. The normalized spacial score (nSPS) is 25.8. The van der Waals surface area contributed by atoms with Gasteiger partial charge in [0.15, 0.2) is 0 Å². The number of nitrogens with zero attached hydrogens (tertiary/aromatic N) is 5. The molecule has 3 fully saturated rings. The minimum atomic E-state index is -0.476. The summed E-state index contributed by atoms with van der Waals surface area (Å²) in [6.07, 6.45) is 3.57. The maximum absolute atomic E-state index is 13.7. The summed E-state index contributed by atoms with van der Waals surface area (Å²) in [5.74, 6) is 7.68. The van der Waals surface area contributed by atoms with Crippen LogP contribution in [-0.2, 0) is 11.3 Å². The van der Waals surface area contributed by atoms with Crippen molar-refractivity contribution in [1.29, 1.82) is 0 Å². The Morgan fingerprint density at radius 3 is 2.37 bits per heavy atom. The third kappa shape index (κ3) is 6.73. The lowest BCUT2D eigenvalue weighted by atomic mass is 9.49. The second-order valence-corrected chi connectivity index (χ2v) is 16.8. The van der Waals surface area contributed by atoms with E-state index in [1.54, 1.807) is 18.2 Å². The fourth-order valence-corrected chi connectivity index (χ4v) is 8.99. The number of aromatic nitrogens is 1. The van der Waals surface area contributed by atoms with Gasteiger partial charge in [0.1, 0.15) is 23.1 Å². The van der Waals surface area contributed by atoms with Gasteiger partial charge in [-0.1, -0.05) is 51.3 Å². The summed E-state index contributed by atoms with van der Waals surface area (Å²) in [6, 6.07) is 9.79. The second kappa shape index (κ2) is 12.8. The first-order chi connectivity index (χ1) is 23.0. The number of halogens is 1. The summed E-state index contributed by atoms with van der Waals surface area (Å²) in [7, 11) is 2.20. The van der Waals surface area contributed by atoms with Crippen LogP contribution < -0.4 is 4.74 Å². The number of rotatable bonds is 5. The van der Waals surface area contributed by atoms with Crippen molar-refractivity contribution in [2.75, 3.05) is 20.1 Å². The number of fused-ring (bicyclic) bond motifs is 1. The summed E-state index contributed by atoms with van der Waals surface area (Å²) in [6.45, 7) is 23.4. The molecule has 2 aliphatic carbocycles. The first-order valence-corrected chi connectivity index (χ1v) is 17.7. The average molecular weight is 686 g/mol. The number of amides is 2. The van der Waals surface area contributed by atoms with Crippen LogP contribution in [0, 0.1) is 35.2 Å². The summed E-state index contributed by atoms with van der Waals surface area (Å²) in [4.78, 5) is 40.7. The van der Waals surface area contributed by atoms with E-state index in [2.05, 4.69) is 56.3 Å². The van der Waals surface area contributed by atoms with Crippen LogP contribution in [0.1, 0.15) is 95.9 Å². The monoisotopic (exact) mass is 685 g/mol. The summed E-state index contributed by atoms with van der Waals surface area (Å²) in [5, 5.41) is 0.368. The standard InChI is InChI=1S/C39H48ClN5O4/c1-37(2,3)49-36(47)44-18-16-26(17-19-44)43(9)27-20-24(21-27)10-11-25-12-14-29-32(42-25)23-45(33(29)46)34-38(4,5)35(39(34,6)7)48-28-13-15-31(41-8)30(40)22-28/h12-15,22,24,26-27,34-35H,16-21,23H2,1-7,9H3. The molecule has 3 heterocycles. The molecule has 9 nitrogen and oxygen atoms in total. The van der Waals surface area contributed by atoms with E-state index in [9.17, 15) is 9.59 Å². The van der Waals surface area contributed by atoms with E-state index >= 15 is 0 Å². The van der Waals surface area contributed by atoms with Crippen LogP contribution in [0.2, 0.25) is 5.02 Å². The Balaban J connectivity index is 1.03. The molecule has 2 saturated carbocycles. The van der Waals surface area contributed by atoms with Crippen molar-refractivity contribution in [3.05, 3.63) is 63.7 Å². The Kier molecular flexibility index (Phi) is 9.18. The third-order valence-corrected chi connectivity index (χ3v) is 11.2. The summed E-state index contributed by atoms with van der Waals surface area (Å²) in [5.41, 5.74) is 1.37. The Labute approximate surface area is 296 Å². The largest absolute Gasteiger partial charge is 0.489 e. The highest BCUT2D eigenvalue weighted by Gasteiger charge is 2.67. The van der Waals surface area contributed by atoms with E-state index in [-0.39, 0.29) is 35.0 Å². The molecule has 0 unspecified atom stereocenters. The van der Waals surface area contributed by atoms with Crippen LogP contribution in [0.5, 0.6) is 5.75 Å². The van der Waals surface area contributed by atoms with Gasteiger partial charge in [0.25, 0.3) is 5.91 Å². The molecule has 49 heavy (non-hydrogen) atoms. The van der Waals surface area contributed by atoms with Crippen LogP contribution >= 0.6 is 11.6 Å². The maximum Gasteiger partial charge on any atom is 0.410 e. The molecule has 1 aromatic heterocycles. The lowest BCUT2D eigenvalue weighted by Gasteiger charge is -2.65. The molecule has 2 aliphatic heterocycles. The number of benzene rings is 1. The van der Waals surface area contributed by atoms with E-state index in [4.69, 9.17) is 32.6 Å². The molecule has 0 bridgehead atoms. The number of carbonyl (C=O) groups is 2. The highest BCUT2D eigenvalue weighted by atomic mass is 35.5. The van der Waals surface area contributed by atoms with Gasteiger partial charge in [-0.15, -0.1) is 0 Å². The van der Waals surface area contributed by atoms with E-state index in [1.165, 1.54) is 0 Å². The predicted octanol–water partition coefficient (Wildman–Crippen LogP) is 7.59. The lowest BCUT2D eigenvalue weighted by molar-refractivity contribution is -0.199. The van der Waals surface area contributed by atoms with Gasteiger partial charge in [-0.2, -0.15) is 0 Å². The second-order valence-electron chi connectivity index (χ2n) is 16.3. The number of ether oxygens (including phenoxy) is 2. The number of likely N-dealkylation sites (tertiary alicyclic amines) is 1. The Hall–Kier alpha value is -3.79. The van der Waals surface area contributed by atoms with Gasteiger partial charge in [-0.3, -0.25) is 4.79 Å². The minimum absolute atomic E-state index is 0.00198. The molecule has 2 amide bonds. The van der Waals surface area contributed by atoms with Crippen LogP contribution in [0.15, 0.2) is 30.3 Å². The van der Waals surface area contributed by atoms with Crippen LogP contribution in [0.25, 0.3) is 4.85 Å². The fourth-order valence-electron chi connectivity index (χ4n) is 8.78. The SMILES string of the molecule is [C-]#[N+]c1ccc(OC2C(C)(C)C(N3Cc4nc(C#CC5CC(N(C)C6CCN(C(=O)OC(C)(C)C)CC6)C5)ccc4C3=O)C2(C)C)cc1Cl. The predicted molar refractivity (Wildman–Crippen MR) is 190 cm³/mol. The Morgan fingerprint density at radius 1 is 1.08 bits per heavy atom. The molecular weight excluding hydrogens is 638 g/mol. The maximum atomic E-state index is 13.7. The first kappa shape index (κ1) is 35.1. The van der Waals surface area contributed by atoms with Crippen molar-refractivity contribution in [3.63, 3.8) is 0 Å². The third-order valence-electron chi connectivity index (χ3n) is 10.9. The number of hydrogen-bond donors (Lipinski definition) is 0. The quantitative estimate of drug-likeness (QED) is 0.239. The topological polar surface area (TPSA) is 79.6 Å². The molecule has 4 aliphatic rings. The number of pyridine rings is 1. The molecule has 0 atom stereocenters. The number of carbonyl (C=O) groups excluding carboxylic acids is 2.